The Bertz CT molecular complexity index is 1570. The first-order valence-electron chi connectivity index (χ1n) is 10.0. The first-order valence-corrected chi connectivity index (χ1v) is 12.0. The summed E-state index contributed by atoms with van der Waals surface area (Å²) < 4.78 is 87.4. The van der Waals surface area contributed by atoms with Gasteiger partial charge < -0.3 is 15.4 Å². The van der Waals surface area contributed by atoms with E-state index in [1.54, 1.807) is 7.05 Å². The van der Waals surface area contributed by atoms with Crippen LogP contribution >= 0.6 is 10.2 Å². The van der Waals surface area contributed by atoms with Crippen molar-refractivity contribution in [1.29, 1.82) is 0 Å². The number of aryl methyl sites for hydroxylation is 1. The number of amides is 1. The molecule has 0 fully saturated rings. The van der Waals surface area contributed by atoms with Gasteiger partial charge in [0.15, 0.2) is 0 Å². The summed E-state index contributed by atoms with van der Waals surface area (Å²) in [6.07, 6.45) is 1.49. The molecule has 0 bridgehead atoms. The van der Waals surface area contributed by atoms with Crippen LogP contribution in [-0.4, -0.2) is 39.2 Å². The summed E-state index contributed by atoms with van der Waals surface area (Å²) in [7, 11) is -6.95. The van der Waals surface area contributed by atoms with Crippen LogP contribution in [0.2, 0.25) is 0 Å². The molecule has 5 rings (SSSR count). The summed E-state index contributed by atoms with van der Waals surface area (Å²) in [6.45, 7) is -0.291. The Labute approximate surface area is 193 Å². The molecule has 0 unspecified atom stereocenters. The molecule has 0 aliphatic carbocycles. The number of hydrogen-bond donors (Lipinski definition) is 1. The standard InChI is InChI=1S/C21H17F6N5O2S/c1-31(17-9-34-18-5-10(3-4-11(17)18)35(23,24,25,26)27)21(33)12-6-13-16(7-15(12)22)30-20(28)14-8-29-32(2)19(13)14/h3-8,17H,9H2,1-2H3,(H2,28,30)/t17-/m1/s1. The fourth-order valence-electron chi connectivity index (χ4n) is 4.21. The molecular formula is C21H17F6N5O2S. The normalized spacial score (nSPS) is 17.7. The molecule has 2 N–H and O–H groups in total. The van der Waals surface area contributed by atoms with Gasteiger partial charge in [0.05, 0.1) is 34.2 Å². The molecule has 0 saturated heterocycles. The Morgan fingerprint density at radius 2 is 1.89 bits per heavy atom. The number of halogens is 6. The SMILES string of the molecule is CN(C(=O)c1cc2c(cc1F)nc(N)c1cnn(C)c12)[C@@H]1COc2cc(S(F)(F)(F)(F)F)ccc21. The highest BCUT2D eigenvalue weighted by Crippen LogP contribution is 3.02. The molecule has 2 aromatic heterocycles. The molecule has 3 heterocycles. The van der Waals surface area contributed by atoms with E-state index in [1.165, 1.54) is 24.0 Å². The highest BCUT2D eigenvalue weighted by molar-refractivity contribution is 8.45. The molecule has 0 radical (unpaired) electrons. The zero-order valence-corrected chi connectivity index (χ0v) is 18.9. The molecule has 2 aromatic carbocycles. The number of hydrogen-bond acceptors (Lipinski definition) is 5. The monoisotopic (exact) mass is 517 g/mol. The first kappa shape index (κ1) is 23.1. The van der Waals surface area contributed by atoms with Crippen molar-refractivity contribution in [3.05, 3.63) is 53.5 Å². The van der Waals surface area contributed by atoms with Gasteiger partial charge in [-0.15, -0.1) is 0 Å². The van der Waals surface area contributed by atoms with Crippen molar-refractivity contribution in [2.24, 2.45) is 7.05 Å². The van der Waals surface area contributed by atoms with Crippen LogP contribution in [-0.2, 0) is 7.05 Å². The predicted molar refractivity (Wildman–Crippen MR) is 119 cm³/mol. The van der Waals surface area contributed by atoms with Crippen LogP contribution in [0.4, 0.5) is 29.6 Å². The van der Waals surface area contributed by atoms with Crippen LogP contribution < -0.4 is 10.5 Å². The summed E-state index contributed by atoms with van der Waals surface area (Å²) >= 11 is 0. The van der Waals surface area contributed by atoms with Gasteiger partial charge in [0.2, 0.25) is 0 Å². The summed E-state index contributed by atoms with van der Waals surface area (Å²) in [5.74, 6) is -1.97. The van der Waals surface area contributed by atoms with Gasteiger partial charge in [-0.2, -0.15) is 5.10 Å². The van der Waals surface area contributed by atoms with Crippen LogP contribution in [0.1, 0.15) is 22.0 Å². The zero-order valence-electron chi connectivity index (χ0n) is 18.1. The average molecular weight is 517 g/mol. The lowest BCUT2D eigenvalue weighted by Gasteiger charge is -2.40. The number of nitrogens with zero attached hydrogens (tertiary/aromatic N) is 4. The number of ether oxygens (including phenoxy) is 1. The van der Waals surface area contributed by atoms with Crippen LogP contribution in [0.15, 0.2) is 41.4 Å². The molecule has 1 amide bonds. The van der Waals surface area contributed by atoms with E-state index in [1.807, 2.05) is 0 Å². The number of pyridine rings is 1. The number of benzene rings is 2. The van der Waals surface area contributed by atoms with Crippen molar-refractivity contribution in [1.82, 2.24) is 19.7 Å². The summed E-state index contributed by atoms with van der Waals surface area (Å²) in [4.78, 5) is 16.4. The minimum absolute atomic E-state index is 0.0936. The van der Waals surface area contributed by atoms with E-state index in [0.717, 1.165) is 17.0 Å². The molecule has 186 valence electrons. The lowest BCUT2D eigenvalue weighted by atomic mass is 10.0. The van der Waals surface area contributed by atoms with E-state index in [2.05, 4.69) is 10.1 Å². The Morgan fingerprint density at radius 3 is 2.57 bits per heavy atom. The van der Waals surface area contributed by atoms with Gasteiger partial charge in [0.1, 0.15) is 28.9 Å². The largest absolute Gasteiger partial charge is 0.491 e. The third-order valence-corrected chi connectivity index (χ3v) is 7.15. The fraction of sp³-hybridized carbons (Fsp3) is 0.190. The number of aromatic nitrogens is 3. The molecule has 35 heavy (non-hydrogen) atoms. The summed E-state index contributed by atoms with van der Waals surface area (Å²) in [5.41, 5.74) is 6.42. The van der Waals surface area contributed by atoms with Crippen molar-refractivity contribution in [2.75, 3.05) is 19.4 Å². The Kier molecular flexibility index (Phi) is 4.29. The van der Waals surface area contributed by atoms with Crippen LogP contribution in [0.25, 0.3) is 21.8 Å². The highest BCUT2D eigenvalue weighted by atomic mass is 32.5. The van der Waals surface area contributed by atoms with Gasteiger partial charge in [-0.25, -0.2) is 9.37 Å². The lowest BCUT2D eigenvalue weighted by Crippen LogP contribution is -2.32. The van der Waals surface area contributed by atoms with Gasteiger partial charge in [-0.1, -0.05) is 25.5 Å². The molecule has 0 spiro atoms. The topological polar surface area (TPSA) is 86.3 Å². The van der Waals surface area contributed by atoms with E-state index in [-0.39, 0.29) is 41.2 Å². The number of nitrogen functional groups attached to an aromatic ring is 1. The van der Waals surface area contributed by atoms with Crippen molar-refractivity contribution < 1.29 is 33.4 Å². The quantitative estimate of drug-likeness (QED) is 0.352. The zero-order chi connectivity index (χ0) is 25.6. The first-order chi connectivity index (χ1) is 16.0. The van der Waals surface area contributed by atoms with Gasteiger partial charge >= 0.3 is 10.2 Å². The fourth-order valence-corrected chi connectivity index (χ4v) is 4.86. The van der Waals surface area contributed by atoms with Gasteiger partial charge in [0, 0.05) is 37.2 Å². The van der Waals surface area contributed by atoms with E-state index >= 15 is 0 Å². The average Bonchev–Trinajstić information content (AvgIpc) is 3.35. The number of nitrogens with two attached hydrogens (primary N) is 1. The molecule has 1 aliphatic heterocycles. The number of rotatable bonds is 3. The number of fused-ring (bicyclic) bond motifs is 4. The van der Waals surface area contributed by atoms with Crippen LogP contribution in [0.5, 0.6) is 5.75 Å². The maximum Gasteiger partial charge on any atom is 0.310 e. The molecule has 14 heteroatoms. The number of likely N-dealkylation sites (N-methyl/N-ethyl adjacent to an activating group) is 1. The lowest BCUT2D eigenvalue weighted by molar-refractivity contribution is 0.0704. The summed E-state index contributed by atoms with van der Waals surface area (Å²) in [6, 6.07) is 2.74. The van der Waals surface area contributed by atoms with Crippen LogP contribution in [0, 0.1) is 5.82 Å². The predicted octanol–water partition coefficient (Wildman–Crippen LogP) is 5.71. The smallest absolute Gasteiger partial charge is 0.310 e. The second-order valence-corrected chi connectivity index (χ2v) is 10.7. The maximum atomic E-state index is 15.0. The van der Waals surface area contributed by atoms with E-state index < -0.39 is 38.6 Å². The molecule has 7 nitrogen and oxygen atoms in total. The number of carbonyl (C=O) groups is 1. The Balaban J connectivity index is 1.54. The third kappa shape index (κ3) is 3.68. The molecule has 4 aromatic rings. The van der Waals surface area contributed by atoms with E-state index in [9.17, 15) is 28.6 Å². The Hall–Kier alpha value is -3.68. The van der Waals surface area contributed by atoms with Gasteiger partial charge in [-0.3, -0.25) is 9.48 Å². The van der Waals surface area contributed by atoms with Crippen molar-refractivity contribution in [2.45, 2.75) is 10.9 Å². The number of anilines is 1. The second-order valence-electron chi connectivity index (χ2n) is 8.29. The van der Waals surface area contributed by atoms with E-state index in [0.29, 0.717) is 16.3 Å². The summed E-state index contributed by atoms with van der Waals surface area (Å²) in [5, 5.41) is 5.04. The maximum absolute atomic E-state index is 15.0. The van der Waals surface area contributed by atoms with Crippen molar-refractivity contribution in [3.63, 3.8) is 0 Å². The molecule has 0 saturated carbocycles. The highest BCUT2D eigenvalue weighted by Gasteiger charge is 2.65. The Morgan fingerprint density at radius 1 is 1.17 bits per heavy atom. The minimum atomic E-state index is -9.91. The van der Waals surface area contributed by atoms with Crippen LogP contribution in [0.3, 0.4) is 0 Å². The molecular weight excluding hydrogens is 500 g/mol. The minimum Gasteiger partial charge on any atom is -0.491 e. The molecule has 1 aliphatic rings. The van der Waals surface area contributed by atoms with Crippen molar-refractivity contribution in [3.8, 4) is 5.75 Å². The molecule has 1 atom stereocenters. The van der Waals surface area contributed by atoms with Gasteiger partial charge in [0.25, 0.3) is 5.91 Å². The second kappa shape index (κ2) is 6.50. The van der Waals surface area contributed by atoms with Crippen molar-refractivity contribution >= 4 is 43.8 Å². The van der Waals surface area contributed by atoms with Gasteiger partial charge in [-0.05, 0) is 12.1 Å². The third-order valence-electron chi connectivity index (χ3n) is 6.00. The van der Waals surface area contributed by atoms with E-state index in [4.69, 9.17) is 10.5 Å². The number of carbonyl (C=O) groups excluding carboxylic acids is 1.